The summed E-state index contributed by atoms with van der Waals surface area (Å²) in [5.41, 5.74) is 0. The molecule has 38 valence electrons. The zero-order valence-electron chi connectivity index (χ0n) is 3.83. The van der Waals surface area contributed by atoms with E-state index in [4.69, 9.17) is 13.5 Å². The van der Waals surface area contributed by atoms with Gasteiger partial charge in [0, 0.05) is 5.10 Å². The normalized spacial score (nSPS) is 8.50. The highest BCUT2D eigenvalue weighted by atomic mass is 16.4. The van der Waals surface area contributed by atoms with Crippen molar-refractivity contribution in [3.8, 4) is 0 Å². The molecule has 1 rings (SSSR count). The minimum Gasteiger partial charge on any atom is -0.447 e. The number of hydrogen-bond acceptors (Lipinski definition) is 3. The van der Waals surface area contributed by atoms with Gasteiger partial charge >= 0.3 is 6.01 Å². The van der Waals surface area contributed by atoms with Crippen molar-refractivity contribution in [3.05, 3.63) is 24.2 Å². The largest absolute Gasteiger partial charge is 0.475 e. The molecule has 1 aromatic heterocycles. The third-order valence-corrected chi connectivity index (χ3v) is 0.526. The van der Waals surface area contributed by atoms with Gasteiger partial charge in [0.05, 0.1) is 6.92 Å². The van der Waals surface area contributed by atoms with E-state index in [1.54, 1.807) is 0 Å². The maximum Gasteiger partial charge on any atom is 0.475 e. The molecule has 0 fully saturated rings. The first-order valence-electron chi connectivity index (χ1n) is 1.79. The molecule has 0 saturated heterocycles. The maximum atomic E-state index is 6.33. The highest BCUT2D eigenvalue weighted by molar-refractivity contribution is 5.16. The van der Waals surface area contributed by atoms with Gasteiger partial charge in [-0.15, -0.1) is 0 Å². The molecule has 4 nitrogen and oxygen atoms in total. The summed E-state index contributed by atoms with van der Waals surface area (Å²) >= 11 is 0. The van der Waals surface area contributed by atoms with Gasteiger partial charge in [0.2, 0.25) is 5.89 Å². The van der Waals surface area contributed by atoms with E-state index in [2.05, 4.69) is 19.5 Å². The van der Waals surface area contributed by atoms with Crippen LogP contribution in [0.4, 0.5) is 6.01 Å². The average Bonchev–Trinajstić information content (AvgIpc) is 2.14. The van der Waals surface area contributed by atoms with E-state index >= 15 is 0 Å². The minimum absolute atomic E-state index is 0.0731. The lowest BCUT2D eigenvalue weighted by molar-refractivity contribution is 0.558. The molecule has 1 heterocycles. The zero-order chi connectivity index (χ0) is 5.98. The van der Waals surface area contributed by atoms with E-state index in [0.717, 1.165) is 0 Å². The zero-order valence-corrected chi connectivity index (χ0v) is 3.83. The van der Waals surface area contributed by atoms with Crippen LogP contribution in [-0.4, -0.2) is 10.2 Å². The van der Waals surface area contributed by atoms with Gasteiger partial charge in [-0.2, -0.15) is 0 Å². The van der Waals surface area contributed by atoms with Crippen LogP contribution in [0, 0.1) is 13.5 Å². The first-order chi connectivity index (χ1) is 3.83. The molecule has 0 aliphatic carbocycles. The van der Waals surface area contributed by atoms with Crippen molar-refractivity contribution in [2.24, 2.45) is 0 Å². The third-order valence-electron chi connectivity index (χ3n) is 0.526. The summed E-state index contributed by atoms with van der Waals surface area (Å²) in [6.45, 7) is 11.3. The van der Waals surface area contributed by atoms with Crippen molar-refractivity contribution in [1.29, 1.82) is 0 Å². The molecule has 0 atom stereocenters. The van der Waals surface area contributed by atoms with Crippen LogP contribution >= 0.6 is 0 Å². The predicted molar refractivity (Wildman–Crippen MR) is 24.0 cm³/mol. The maximum absolute atomic E-state index is 6.33. The van der Waals surface area contributed by atoms with E-state index in [-0.39, 0.29) is 11.9 Å². The van der Waals surface area contributed by atoms with Gasteiger partial charge in [-0.05, 0) is 5.10 Å². The van der Waals surface area contributed by atoms with Gasteiger partial charge < -0.3 is 9.26 Å². The molecule has 8 heavy (non-hydrogen) atoms. The summed E-state index contributed by atoms with van der Waals surface area (Å²) < 4.78 is 4.43. The number of nitrogens with zero attached hydrogens (tertiary/aromatic N) is 3. The Balaban J connectivity index is 3.05. The molecule has 0 bridgehead atoms. The summed E-state index contributed by atoms with van der Waals surface area (Å²) in [6.07, 6.45) is 0. The summed E-state index contributed by atoms with van der Waals surface area (Å²) in [5.74, 6) is -0.0731. The fraction of sp³-hybridized carbons (Fsp3) is 0. The molecule has 0 saturated carbocycles. The van der Waals surface area contributed by atoms with Crippen LogP contribution < -0.4 is 0 Å². The van der Waals surface area contributed by atoms with Crippen LogP contribution in [-0.2, 0) is 0 Å². The lowest BCUT2D eigenvalue weighted by atomic mass is 10.8. The van der Waals surface area contributed by atoms with Crippen molar-refractivity contribution in [2.75, 3.05) is 0 Å². The molecular weight excluding hydrogens is 106 g/mol. The topological polar surface area (TPSA) is 43.3 Å². The molecule has 0 aromatic carbocycles. The Morgan fingerprint density at radius 2 is 2.38 bits per heavy atom. The predicted octanol–water partition coefficient (Wildman–Crippen LogP) is 0.680. The quantitative estimate of drug-likeness (QED) is 0.458. The summed E-state index contributed by atoms with van der Waals surface area (Å²) in [6, 6.07) is -0.123. The van der Waals surface area contributed by atoms with Crippen LogP contribution in [0.25, 0.3) is 4.85 Å². The fourth-order valence-corrected chi connectivity index (χ4v) is 0.272. The van der Waals surface area contributed by atoms with Crippen LogP contribution in [0.15, 0.2) is 4.42 Å². The van der Waals surface area contributed by atoms with Gasteiger partial charge in [-0.3, -0.25) is 0 Å². The van der Waals surface area contributed by atoms with Crippen molar-refractivity contribution in [2.45, 2.75) is 0 Å². The van der Waals surface area contributed by atoms with Gasteiger partial charge in [0.1, 0.15) is 0 Å². The molecule has 0 unspecified atom stereocenters. The molecular formula is C4HN3O. The van der Waals surface area contributed by atoms with E-state index in [0.29, 0.717) is 0 Å². The highest BCUT2D eigenvalue weighted by Gasteiger charge is 1.99. The van der Waals surface area contributed by atoms with E-state index in [1.807, 2.05) is 0 Å². The lowest BCUT2D eigenvalue weighted by Gasteiger charge is -1.69. The molecule has 0 amide bonds. The van der Waals surface area contributed by atoms with Gasteiger partial charge in [-0.1, -0.05) is 6.57 Å². The SMILES string of the molecule is [C-]#[N+]c1nnc([CH])o1. The Hall–Kier alpha value is -1.37. The van der Waals surface area contributed by atoms with E-state index < -0.39 is 0 Å². The van der Waals surface area contributed by atoms with Crippen LogP contribution in [0.5, 0.6) is 0 Å². The van der Waals surface area contributed by atoms with Crippen molar-refractivity contribution < 1.29 is 4.42 Å². The molecule has 2 radical (unpaired) electrons. The van der Waals surface area contributed by atoms with E-state index in [1.165, 1.54) is 0 Å². The summed E-state index contributed by atoms with van der Waals surface area (Å²) in [4.78, 5) is 2.82. The van der Waals surface area contributed by atoms with Crippen molar-refractivity contribution in [1.82, 2.24) is 10.2 Å². The Bertz CT molecular complexity index is 221. The smallest absolute Gasteiger partial charge is 0.447 e. The van der Waals surface area contributed by atoms with Gasteiger partial charge in [0.25, 0.3) is 0 Å². The summed E-state index contributed by atoms with van der Waals surface area (Å²) in [5, 5.41) is 6.47. The second kappa shape index (κ2) is 1.62. The molecule has 0 aliphatic heterocycles. The van der Waals surface area contributed by atoms with E-state index in [9.17, 15) is 0 Å². The minimum atomic E-state index is -0.123. The molecule has 1 aromatic rings. The number of hydrogen-bond donors (Lipinski definition) is 0. The second-order valence-electron chi connectivity index (χ2n) is 1.03. The standard InChI is InChI=1S/C4HN3O/c1-3-6-7-4(5-2)8-3/h1H. The first kappa shape index (κ1) is 4.78. The van der Waals surface area contributed by atoms with Crippen LogP contribution in [0.2, 0.25) is 0 Å². The van der Waals surface area contributed by atoms with Crippen molar-refractivity contribution >= 4 is 6.01 Å². The molecule has 4 heteroatoms. The summed E-state index contributed by atoms with van der Waals surface area (Å²) in [7, 11) is 0. The highest BCUT2D eigenvalue weighted by Crippen LogP contribution is 2.05. The molecule has 0 spiro atoms. The van der Waals surface area contributed by atoms with Crippen LogP contribution in [0.3, 0.4) is 0 Å². The first-order valence-corrected chi connectivity index (χ1v) is 1.79. The lowest BCUT2D eigenvalue weighted by Crippen LogP contribution is -1.65. The van der Waals surface area contributed by atoms with Crippen LogP contribution in [0.1, 0.15) is 5.89 Å². The van der Waals surface area contributed by atoms with Gasteiger partial charge in [0.15, 0.2) is 0 Å². The Kier molecular flexibility index (Phi) is 0.968. The molecule has 0 N–H and O–H groups in total. The Labute approximate surface area is 46.0 Å². The van der Waals surface area contributed by atoms with Gasteiger partial charge in [-0.25, -0.2) is 0 Å². The Morgan fingerprint density at radius 1 is 1.62 bits per heavy atom. The molecule has 0 aliphatic rings. The second-order valence-corrected chi connectivity index (χ2v) is 1.03. The fourth-order valence-electron chi connectivity index (χ4n) is 0.272. The van der Waals surface area contributed by atoms with Crippen molar-refractivity contribution in [3.63, 3.8) is 0 Å². The average molecular weight is 107 g/mol. The monoisotopic (exact) mass is 107 g/mol. The Morgan fingerprint density at radius 3 is 2.62 bits per heavy atom. The number of rotatable bonds is 0. The third kappa shape index (κ3) is 0.658. The number of aromatic nitrogens is 2.